The number of amides is 1. The van der Waals surface area contributed by atoms with Crippen molar-refractivity contribution in [3.05, 3.63) is 71.8 Å². The molecule has 0 unspecified atom stereocenters. The molecule has 0 saturated heterocycles. The van der Waals surface area contributed by atoms with Gasteiger partial charge >= 0.3 is 5.97 Å². The summed E-state index contributed by atoms with van der Waals surface area (Å²) in [5.41, 5.74) is 2.69. The van der Waals surface area contributed by atoms with Crippen molar-refractivity contribution in [1.82, 2.24) is 0 Å². The number of likely N-dealkylation sites (N-methyl/N-ethyl adjacent to an activating group) is 1. The van der Waals surface area contributed by atoms with Crippen LogP contribution in [0.3, 0.4) is 0 Å². The van der Waals surface area contributed by atoms with Crippen LogP contribution in [0.1, 0.15) is 21.5 Å². The average molecular weight is 421 g/mol. The molecule has 0 aliphatic carbocycles. The van der Waals surface area contributed by atoms with Crippen LogP contribution in [0.15, 0.2) is 55.1 Å². The molecule has 0 aromatic heterocycles. The second-order valence-electron chi connectivity index (χ2n) is 6.85. The van der Waals surface area contributed by atoms with Crippen LogP contribution < -0.4 is 14.4 Å². The molecule has 7 heteroatoms. The molecule has 0 fully saturated rings. The van der Waals surface area contributed by atoms with Crippen molar-refractivity contribution in [3.8, 4) is 11.5 Å². The van der Waals surface area contributed by atoms with Gasteiger partial charge in [-0.1, -0.05) is 18.7 Å². The zero-order valence-electron chi connectivity index (χ0n) is 17.4. The summed E-state index contributed by atoms with van der Waals surface area (Å²) in [5.74, 6) is 0.0867. The molecule has 0 atom stereocenters. The molecule has 0 saturated carbocycles. The third-order valence-electron chi connectivity index (χ3n) is 4.78. The summed E-state index contributed by atoms with van der Waals surface area (Å²) >= 11 is 0. The van der Waals surface area contributed by atoms with E-state index in [-0.39, 0.29) is 24.7 Å². The molecule has 0 N–H and O–H groups in total. The minimum atomic E-state index is -0.643. The Morgan fingerprint density at radius 3 is 2.71 bits per heavy atom. The summed E-state index contributed by atoms with van der Waals surface area (Å²) in [7, 11) is 3.22. The van der Waals surface area contributed by atoms with Crippen LogP contribution >= 0.6 is 0 Å². The average Bonchev–Trinajstić information content (AvgIpc) is 3.07. The maximum absolute atomic E-state index is 12.4. The van der Waals surface area contributed by atoms with Crippen LogP contribution in [0.2, 0.25) is 0 Å². The molecule has 1 aliphatic rings. The van der Waals surface area contributed by atoms with Crippen molar-refractivity contribution in [3.63, 3.8) is 0 Å². The molecule has 31 heavy (non-hydrogen) atoms. The molecular weight excluding hydrogens is 398 g/mol. The van der Waals surface area contributed by atoms with Gasteiger partial charge in [0.15, 0.2) is 23.9 Å². The van der Waals surface area contributed by atoms with Gasteiger partial charge in [-0.2, -0.15) is 0 Å². The Hall–Kier alpha value is -3.87. The Morgan fingerprint density at radius 1 is 1.16 bits per heavy atom. The number of methoxy groups -OCH3 is 1. The Kier molecular flexibility index (Phi) is 6.87. The lowest BCUT2D eigenvalue weighted by molar-refractivity contribution is -0.136. The van der Waals surface area contributed by atoms with Crippen LogP contribution in [0.5, 0.6) is 11.5 Å². The fourth-order valence-electron chi connectivity index (χ4n) is 3.13. The first-order valence-electron chi connectivity index (χ1n) is 9.62. The van der Waals surface area contributed by atoms with Crippen LogP contribution in [0.4, 0.5) is 5.69 Å². The highest BCUT2D eigenvalue weighted by Gasteiger charge is 2.24. The van der Waals surface area contributed by atoms with E-state index in [0.29, 0.717) is 29.2 Å². The zero-order chi connectivity index (χ0) is 22.4. The molecule has 160 valence electrons. The number of hydrogen-bond acceptors (Lipinski definition) is 6. The molecule has 0 spiro atoms. The van der Waals surface area contributed by atoms with E-state index in [1.165, 1.54) is 13.2 Å². The molecule has 7 nitrogen and oxygen atoms in total. The van der Waals surface area contributed by atoms with Gasteiger partial charge in [0.25, 0.3) is 0 Å². The van der Waals surface area contributed by atoms with Crippen molar-refractivity contribution < 1.29 is 28.6 Å². The van der Waals surface area contributed by atoms with E-state index in [1.807, 2.05) is 0 Å². The minimum Gasteiger partial charge on any atom is -0.493 e. The van der Waals surface area contributed by atoms with Crippen molar-refractivity contribution in [2.45, 2.75) is 6.42 Å². The van der Waals surface area contributed by atoms with Gasteiger partial charge in [-0.15, -0.1) is 0 Å². The number of ether oxygens (including phenoxy) is 3. The van der Waals surface area contributed by atoms with Gasteiger partial charge < -0.3 is 19.1 Å². The first kappa shape index (κ1) is 21.8. The summed E-state index contributed by atoms with van der Waals surface area (Å²) in [4.78, 5) is 37.7. The topological polar surface area (TPSA) is 82.1 Å². The molecule has 0 bridgehead atoms. The van der Waals surface area contributed by atoms with Crippen LogP contribution in [-0.2, 0) is 20.7 Å². The van der Waals surface area contributed by atoms with Gasteiger partial charge in [0.05, 0.1) is 13.5 Å². The van der Waals surface area contributed by atoms with Gasteiger partial charge in [-0.3, -0.25) is 9.59 Å². The third-order valence-corrected chi connectivity index (χ3v) is 4.78. The smallest absolute Gasteiger partial charge is 0.331 e. The maximum Gasteiger partial charge on any atom is 0.331 e. The zero-order valence-corrected chi connectivity index (χ0v) is 17.4. The second kappa shape index (κ2) is 9.75. The summed E-state index contributed by atoms with van der Waals surface area (Å²) < 4.78 is 15.8. The number of esters is 1. The second-order valence-corrected chi connectivity index (χ2v) is 6.85. The number of benzene rings is 2. The van der Waals surface area contributed by atoms with Gasteiger partial charge in [0.2, 0.25) is 5.91 Å². The van der Waals surface area contributed by atoms with E-state index in [4.69, 9.17) is 14.2 Å². The monoisotopic (exact) mass is 421 g/mol. The Morgan fingerprint density at radius 2 is 1.97 bits per heavy atom. The number of rotatable bonds is 9. The molecule has 0 radical (unpaired) electrons. The van der Waals surface area contributed by atoms with E-state index in [9.17, 15) is 14.4 Å². The molecule has 1 aliphatic heterocycles. The Bertz CT molecular complexity index is 1060. The van der Waals surface area contributed by atoms with E-state index in [2.05, 4.69) is 6.58 Å². The summed E-state index contributed by atoms with van der Waals surface area (Å²) in [6, 6.07) is 10.2. The van der Waals surface area contributed by atoms with E-state index in [1.54, 1.807) is 60.5 Å². The van der Waals surface area contributed by atoms with Crippen molar-refractivity contribution >= 4 is 29.4 Å². The lowest BCUT2D eigenvalue weighted by atomic mass is 10.1. The number of anilines is 1. The predicted molar refractivity (Wildman–Crippen MR) is 117 cm³/mol. The largest absolute Gasteiger partial charge is 0.493 e. The highest BCUT2D eigenvalue weighted by Crippen LogP contribution is 2.29. The number of carbonyl (C=O) groups excluding carboxylic acids is 3. The Balaban J connectivity index is 1.57. The van der Waals surface area contributed by atoms with E-state index >= 15 is 0 Å². The number of fused-ring (bicyclic) bond motifs is 1. The standard InChI is InChI=1S/C24H23NO6/c1-4-11-30-21-9-5-16(12-22(21)29-3)6-10-24(28)31-15-20(26)17-7-8-19-18(13-17)14-23(27)25(19)2/h4-10,12-13H,1,11,14-15H2,2-3H3/b10-6+. The molecule has 1 heterocycles. The normalized spacial score (nSPS) is 12.6. The van der Waals surface area contributed by atoms with Gasteiger partial charge in [0, 0.05) is 24.4 Å². The fraction of sp³-hybridized carbons (Fsp3) is 0.208. The number of ketones is 1. The summed E-state index contributed by atoms with van der Waals surface area (Å²) in [6.07, 6.45) is 4.69. The first-order chi connectivity index (χ1) is 14.9. The van der Waals surface area contributed by atoms with Crippen molar-refractivity contribution in [2.24, 2.45) is 0 Å². The third kappa shape index (κ3) is 5.19. The van der Waals surface area contributed by atoms with E-state index in [0.717, 1.165) is 11.3 Å². The predicted octanol–water partition coefficient (Wildman–Crippen LogP) is 3.22. The maximum atomic E-state index is 12.4. The SMILES string of the molecule is C=CCOc1ccc(/C=C/C(=O)OCC(=O)c2ccc3c(c2)CC(=O)N3C)cc1OC. The molecule has 2 aromatic carbocycles. The lowest BCUT2D eigenvalue weighted by Gasteiger charge is -2.10. The van der Waals surface area contributed by atoms with Gasteiger partial charge in [0.1, 0.15) is 6.61 Å². The summed E-state index contributed by atoms with van der Waals surface area (Å²) in [6.45, 7) is 3.56. The highest BCUT2D eigenvalue weighted by molar-refractivity contribution is 6.04. The lowest BCUT2D eigenvalue weighted by Crippen LogP contribution is -2.20. The Labute approximate surface area is 180 Å². The van der Waals surface area contributed by atoms with Crippen molar-refractivity contribution in [1.29, 1.82) is 0 Å². The number of Topliss-reactive ketones (excluding diaryl/α,β-unsaturated/α-hetero) is 1. The number of hydrogen-bond donors (Lipinski definition) is 0. The number of carbonyl (C=O) groups is 3. The van der Waals surface area contributed by atoms with Gasteiger partial charge in [-0.25, -0.2) is 4.79 Å². The van der Waals surface area contributed by atoms with E-state index < -0.39 is 5.97 Å². The van der Waals surface area contributed by atoms with Crippen molar-refractivity contribution in [2.75, 3.05) is 32.3 Å². The van der Waals surface area contributed by atoms with Crippen LogP contribution in [0, 0.1) is 0 Å². The highest BCUT2D eigenvalue weighted by atomic mass is 16.5. The first-order valence-corrected chi connectivity index (χ1v) is 9.62. The minimum absolute atomic E-state index is 0.0203. The molecule has 3 rings (SSSR count). The van der Waals surface area contributed by atoms with Gasteiger partial charge in [-0.05, 0) is 47.5 Å². The molecule has 2 aromatic rings. The summed E-state index contributed by atoms with van der Waals surface area (Å²) in [5, 5.41) is 0. The fourth-order valence-corrected chi connectivity index (χ4v) is 3.13. The molecular formula is C24H23NO6. The quantitative estimate of drug-likeness (QED) is 0.268. The van der Waals surface area contributed by atoms with Crippen LogP contribution in [0.25, 0.3) is 6.08 Å². The molecule has 1 amide bonds. The van der Waals surface area contributed by atoms with Crippen LogP contribution in [-0.4, -0.2) is 45.0 Å². The number of nitrogens with zero attached hydrogens (tertiary/aromatic N) is 1.